The molecule has 1 aliphatic rings. The third-order valence-electron chi connectivity index (χ3n) is 4.50. The van der Waals surface area contributed by atoms with Crippen molar-refractivity contribution in [1.29, 1.82) is 0 Å². The van der Waals surface area contributed by atoms with Crippen LogP contribution in [0.25, 0.3) is 27.3 Å². The van der Waals surface area contributed by atoms with E-state index in [1.807, 2.05) is 0 Å². The quantitative estimate of drug-likeness (QED) is 0.344. The average molecular weight is 512 g/mol. The van der Waals surface area contributed by atoms with Crippen molar-refractivity contribution in [2.45, 2.75) is 32.1 Å². The number of carbonyl (C=O) groups is 1. The minimum Gasteiger partial charge on any atom is -1.00 e. The topological polar surface area (TPSA) is 40.9 Å². The van der Waals surface area contributed by atoms with Gasteiger partial charge in [0.1, 0.15) is 0 Å². The molecule has 4 radical (unpaired) electrons. The fourth-order valence-corrected chi connectivity index (χ4v) is 3.27. The Balaban J connectivity index is -0.000000177. The van der Waals surface area contributed by atoms with Crippen LogP contribution in [0.5, 0.6) is 0 Å². The Morgan fingerprint density at radius 1 is 0.821 bits per heavy atom. The van der Waals surface area contributed by atoms with E-state index in [1.165, 1.54) is 28.0 Å². The van der Waals surface area contributed by atoms with Crippen LogP contribution in [0.2, 0.25) is 0 Å². The molecular weight excluding hydrogens is 484 g/mol. The first-order chi connectivity index (χ1) is 10.8. The zero-order valence-corrected chi connectivity index (χ0v) is 21.4. The molecular formula is C22H27Cl2NOSiZr-4. The van der Waals surface area contributed by atoms with Crippen LogP contribution < -0.4 is 24.8 Å². The van der Waals surface area contributed by atoms with Crippen LogP contribution in [0.15, 0.2) is 54.6 Å². The molecule has 4 rings (SSSR count). The molecule has 6 heteroatoms. The summed E-state index contributed by atoms with van der Waals surface area (Å²) in [6.45, 7) is 0. The van der Waals surface area contributed by atoms with Gasteiger partial charge in [0.25, 0.3) is 0 Å². The molecule has 0 aromatic heterocycles. The first kappa shape index (κ1) is 34.9. The zero-order valence-electron chi connectivity index (χ0n) is 16.5. The molecule has 3 aromatic carbocycles. The smallest absolute Gasteiger partial charge is 1.00 e. The fraction of sp³-hybridized carbons (Fsp3) is 0.273. The van der Waals surface area contributed by atoms with E-state index in [-0.39, 0.29) is 88.7 Å². The summed E-state index contributed by atoms with van der Waals surface area (Å²) in [7, 11) is 0. The van der Waals surface area contributed by atoms with Crippen molar-refractivity contribution in [3.05, 3.63) is 75.2 Å². The number of hydrogen-bond donors (Lipinski definition) is 0. The number of nitrogens with one attached hydrogen (secondary N) is 1. The molecule has 28 heavy (non-hydrogen) atoms. The van der Waals surface area contributed by atoms with Gasteiger partial charge in [-0.05, 0) is 12.8 Å². The Hall–Kier alpha value is -0.540. The van der Waals surface area contributed by atoms with Crippen LogP contribution >= 0.6 is 0 Å². The van der Waals surface area contributed by atoms with Crippen molar-refractivity contribution >= 4 is 38.4 Å². The SMILES string of the molecule is [CH3-].[CH3-].[Cl-].[Cl-].[NH-]C(=O)C1CCCCC1.[Si].[Zr+2].c1ccc2c(c1)[cH-]c1ccccc12. The molecule has 3 aromatic rings. The van der Waals surface area contributed by atoms with Crippen LogP contribution in [0, 0.1) is 20.8 Å². The summed E-state index contributed by atoms with van der Waals surface area (Å²) < 4.78 is 0. The van der Waals surface area contributed by atoms with Gasteiger partial charge >= 0.3 is 26.2 Å². The first-order valence-electron chi connectivity index (χ1n) is 8.04. The first-order valence-corrected chi connectivity index (χ1v) is 8.04. The molecule has 1 N–H and O–H groups in total. The number of halogens is 2. The molecule has 152 valence electrons. The summed E-state index contributed by atoms with van der Waals surface area (Å²) in [6.07, 6.45) is 5.47. The number of hydrogen-bond acceptors (Lipinski definition) is 1. The maximum atomic E-state index is 10.5. The minimum atomic E-state index is -0.352. The van der Waals surface area contributed by atoms with E-state index < -0.39 is 0 Å². The van der Waals surface area contributed by atoms with Crippen molar-refractivity contribution in [3.63, 3.8) is 0 Å². The van der Waals surface area contributed by atoms with Crippen LogP contribution in [-0.2, 0) is 31.0 Å². The normalized spacial score (nSPS) is 12.1. The van der Waals surface area contributed by atoms with Crippen molar-refractivity contribution < 1.29 is 55.8 Å². The van der Waals surface area contributed by atoms with E-state index >= 15 is 0 Å². The zero-order chi connectivity index (χ0) is 15.4. The Kier molecular flexibility index (Phi) is 21.6. The minimum absolute atomic E-state index is 0. The van der Waals surface area contributed by atoms with E-state index in [2.05, 4.69) is 54.6 Å². The fourth-order valence-electron chi connectivity index (χ4n) is 3.27. The van der Waals surface area contributed by atoms with Crippen LogP contribution in [0.4, 0.5) is 0 Å². The third-order valence-corrected chi connectivity index (χ3v) is 4.50. The van der Waals surface area contributed by atoms with Gasteiger partial charge in [-0.3, -0.25) is 0 Å². The summed E-state index contributed by atoms with van der Waals surface area (Å²) >= 11 is 0. The predicted octanol–water partition coefficient (Wildman–Crippen LogP) is 0.383. The van der Waals surface area contributed by atoms with Gasteiger partial charge in [0, 0.05) is 16.9 Å². The van der Waals surface area contributed by atoms with Gasteiger partial charge in [0.15, 0.2) is 0 Å². The second kappa shape index (κ2) is 17.3. The van der Waals surface area contributed by atoms with E-state index in [4.69, 9.17) is 5.73 Å². The summed E-state index contributed by atoms with van der Waals surface area (Å²) in [5.74, 6) is -0.270. The Morgan fingerprint density at radius 2 is 1.21 bits per heavy atom. The molecule has 0 spiro atoms. The van der Waals surface area contributed by atoms with Crippen molar-refractivity contribution in [1.82, 2.24) is 0 Å². The van der Waals surface area contributed by atoms with Crippen LogP contribution in [-0.4, -0.2) is 16.9 Å². The van der Waals surface area contributed by atoms with E-state index in [0.717, 1.165) is 25.7 Å². The molecule has 0 aliphatic heterocycles. The number of carbonyl (C=O) groups excluding carboxylic acids is 1. The number of fused-ring (bicyclic) bond motifs is 3. The molecule has 0 bridgehead atoms. The van der Waals surface area contributed by atoms with Crippen molar-refractivity contribution in [2.75, 3.05) is 0 Å². The molecule has 2 nitrogen and oxygen atoms in total. The second-order valence-corrected chi connectivity index (χ2v) is 6.02. The van der Waals surface area contributed by atoms with Gasteiger partial charge in [-0.25, -0.2) is 0 Å². The van der Waals surface area contributed by atoms with Gasteiger partial charge in [-0.2, -0.15) is 0 Å². The van der Waals surface area contributed by atoms with E-state index in [0.29, 0.717) is 0 Å². The van der Waals surface area contributed by atoms with E-state index in [9.17, 15) is 4.79 Å². The molecule has 1 amide bonds. The Bertz CT molecular complexity index is 738. The summed E-state index contributed by atoms with van der Waals surface area (Å²) in [6, 6.07) is 19.3. The molecule has 1 fully saturated rings. The summed E-state index contributed by atoms with van der Waals surface area (Å²) in [5.41, 5.74) is 6.83. The largest absolute Gasteiger partial charge is 2.00 e. The summed E-state index contributed by atoms with van der Waals surface area (Å²) in [5, 5.41) is 5.39. The number of amides is 1. The van der Waals surface area contributed by atoms with Gasteiger partial charge in [0.05, 0.1) is 5.91 Å². The molecule has 0 heterocycles. The predicted molar refractivity (Wildman–Crippen MR) is 112 cm³/mol. The standard InChI is InChI=1S/C13H9.C7H13NO.2CH3.2ClH.Si.Zr/c1-3-7-12-10(5-1)9-11-6-2-4-8-13(11)12;8-7(9)6-4-2-1-3-5-6;;;;;;/h1-9H;6H,1-5H2,(H2,8,9);2*1H3;2*1H;;/q-1;;2*-1;;;;+2/p-3. The van der Waals surface area contributed by atoms with Gasteiger partial charge < -0.3 is 50.2 Å². The number of benzene rings is 2. The van der Waals surface area contributed by atoms with Gasteiger partial charge in [-0.1, -0.05) is 55.7 Å². The van der Waals surface area contributed by atoms with Gasteiger partial charge in [0.2, 0.25) is 0 Å². The molecule has 1 saturated carbocycles. The monoisotopic (exact) mass is 509 g/mol. The molecule has 1 aliphatic carbocycles. The summed E-state index contributed by atoms with van der Waals surface area (Å²) in [4.78, 5) is 10.5. The van der Waals surface area contributed by atoms with E-state index in [1.54, 1.807) is 0 Å². The molecule has 0 atom stereocenters. The average Bonchev–Trinajstić information content (AvgIpc) is 2.95. The van der Waals surface area contributed by atoms with Crippen LogP contribution in [0.3, 0.4) is 0 Å². The van der Waals surface area contributed by atoms with Crippen molar-refractivity contribution in [2.24, 2.45) is 5.92 Å². The van der Waals surface area contributed by atoms with Crippen molar-refractivity contribution in [3.8, 4) is 0 Å². The van der Waals surface area contributed by atoms with Crippen LogP contribution in [0.1, 0.15) is 32.1 Å². The van der Waals surface area contributed by atoms with Gasteiger partial charge in [-0.15, -0.1) is 39.7 Å². The maximum absolute atomic E-state index is 10.5. The maximum Gasteiger partial charge on any atom is 2.00 e. The number of rotatable bonds is 1. The molecule has 0 saturated heterocycles. The molecule has 0 unspecified atom stereocenters. The Morgan fingerprint density at radius 3 is 1.57 bits per heavy atom. The Labute approximate surface area is 206 Å². The second-order valence-electron chi connectivity index (χ2n) is 6.02. The third kappa shape index (κ3) is 8.86.